The van der Waals surface area contributed by atoms with Crippen molar-refractivity contribution in [3.63, 3.8) is 0 Å². The first-order chi connectivity index (χ1) is 8.27. The van der Waals surface area contributed by atoms with Crippen molar-refractivity contribution in [2.45, 2.75) is 0 Å². The van der Waals surface area contributed by atoms with E-state index < -0.39 is 0 Å². The molecule has 0 aliphatic rings. The Bertz CT molecular complexity index is 741. The molecule has 0 atom stereocenters. The van der Waals surface area contributed by atoms with Crippen LogP contribution in [-0.2, 0) is 7.05 Å². The molecule has 0 spiro atoms. The van der Waals surface area contributed by atoms with Crippen molar-refractivity contribution in [3.05, 3.63) is 53.2 Å². The van der Waals surface area contributed by atoms with E-state index in [1.54, 1.807) is 30.1 Å². The fourth-order valence-corrected chi connectivity index (χ4v) is 1.84. The number of aromatic nitrogens is 4. The molecule has 0 saturated carbocycles. The maximum atomic E-state index is 12.3. The van der Waals surface area contributed by atoms with Crippen molar-refractivity contribution in [2.24, 2.45) is 7.05 Å². The number of nitrogens with zero attached hydrogens (tertiary/aromatic N) is 4. The van der Waals surface area contributed by atoms with E-state index in [0.29, 0.717) is 16.7 Å². The third-order valence-corrected chi connectivity index (χ3v) is 2.71. The van der Waals surface area contributed by atoms with Gasteiger partial charge in [-0.2, -0.15) is 5.10 Å². The SMILES string of the molecule is Cn1nccc1-n1cnc2ccccc2c1=O. The first kappa shape index (κ1) is 9.77. The molecule has 0 unspecified atom stereocenters. The first-order valence-electron chi connectivity index (χ1n) is 5.22. The van der Waals surface area contributed by atoms with Gasteiger partial charge in [-0.3, -0.25) is 14.0 Å². The van der Waals surface area contributed by atoms with Gasteiger partial charge in [0.05, 0.1) is 17.1 Å². The van der Waals surface area contributed by atoms with Crippen molar-refractivity contribution < 1.29 is 0 Å². The minimum absolute atomic E-state index is 0.0841. The Kier molecular flexibility index (Phi) is 2.04. The molecule has 0 saturated heterocycles. The summed E-state index contributed by atoms with van der Waals surface area (Å²) in [5.41, 5.74) is 0.620. The van der Waals surface area contributed by atoms with E-state index in [1.165, 1.54) is 10.9 Å². The normalized spacial score (nSPS) is 10.9. The summed E-state index contributed by atoms with van der Waals surface area (Å²) in [5.74, 6) is 0.702. The Hall–Kier alpha value is -2.43. The van der Waals surface area contributed by atoms with E-state index in [9.17, 15) is 4.79 Å². The second-order valence-corrected chi connectivity index (χ2v) is 3.75. The minimum Gasteiger partial charge on any atom is -0.268 e. The molecule has 5 heteroatoms. The van der Waals surface area contributed by atoms with Crippen LogP contribution >= 0.6 is 0 Å². The minimum atomic E-state index is -0.0841. The van der Waals surface area contributed by atoms with Crippen molar-refractivity contribution in [3.8, 4) is 5.82 Å². The Balaban J connectivity index is 2.37. The Morgan fingerprint density at radius 2 is 2.00 bits per heavy atom. The van der Waals surface area contributed by atoms with Crippen LogP contribution in [0.5, 0.6) is 0 Å². The molecule has 0 radical (unpaired) electrons. The number of hydrogen-bond donors (Lipinski definition) is 0. The summed E-state index contributed by atoms with van der Waals surface area (Å²) in [6.07, 6.45) is 3.18. The van der Waals surface area contributed by atoms with E-state index in [0.717, 1.165) is 0 Å². The second-order valence-electron chi connectivity index (χ2n) is 3.75. The molecule has 3 rings (SSSR count). The van der Waals surface area contributed by atoms with Gasteiger partial charge in [-0.1, -0.05) is 12.1 Å². The highest BCUT2D eigenvalue weighted by molar-refractivity contribution is 5.77. The fourth-order valence-electron chi connectivity index (χ4n) is 1.84. The zero-order valence-corrected chi connectivity index (χ0v) is 9.24. The number of aryl methyl sites for hydroxylation is 1. The highest BCUT2D eigenvalue weighted by Gasteiger charge is 2.07. The van der Waals surface area contributed by atoms with Gasteiger partial charge < -0.3 is 0 Å². The molecule has 84 valence electrons. The number of para-hydroxylation sites is 1. The maximum Gasteiger partial charge on any atom is 0.266 e. The summed E-state index contributed by atoms with van der Waals surface area (Å²) in [7, 11) is 1.79. The Morgan fingerprint density at radius 1 is 1.18 bits per heavy atom. The van der Waals surface area contributed by atoms with E-state index >= 15 is 0 Å². The van der Waals surface area contributed by atoms with E-state index in [-0.39, 0.29) is 5.56 Å². The molecule has 2 aromatic heterocycles. The molecular weight excluding hydrogens is 216 g/mol. The van der Waals surface area contributed by atoms with Crippen LogP contribution in [-0.4, -0.2) is 19.3 Å². The van der Waals surface area contributed by atoms with Gasteiger partial charge in [-0.05, 0) is 12.1 Å². The molecule has 17 heavy (non-hydrogen) atoms. The smallest absolute Gasteiger partial charge is 0.266 e. The third-order valence-electron chi connectivity index (χ3n) is 2.71. The lowest BCUT2D eigenvalue weighted by molar-refractivity contribution is 0.719. The lowest BCUT2D eigenvalue weighted by Crippen LogP contribution is -2.21. The standard InChI is InChI=1S/C12H10N4O/c1-15-11(6-7-14-15)16-8-13-10-5-3-2-4-9(10)12(16)17/h2-8H,1H3. The molecule has 0 fully saturated rings. The number of fused-ring (bicyclic) bond motifs is 1. The van der Waals surface area contributed by atoms with Gasteiger partial charge in [0, 0.05) is 13.1 Å². The Labute approximate surface area is 97.0 Å². The zero-order valence-electron chi connectivity index (χ0n) is 9.24. The van der Waals surface area contributed by atoms with Gasteiger partial charge in [0.2, 0.25) is 0 Å². The van der Waals surface area contributed by atoms with E-state index in [4.69, 9.17) is 0 Å². The lowest BCUT2D eigenvalue weighted by atomic mass is 10.2. The van der Waals surface area contributed by atoms with E-state index in [2.05, 4.69) is 10.1 Å². The first-order valence-corrected chi connectivity index (χ1v) is 5.22. The maximum absolute atomic E-state index is 12.3. The van der Waals surface area contributed by atoms with Crippen LogP contribution in [0, 0.1) is 0 Å². The van der Waals surface area contributed by atoms with Crippen LogP contribution in [0.3, 0.4) is 0 Å². The average molecular weight is 226 g/mol. The average Bonchev–Trinajstić information content (AvgIpc) is 2.76. The van der Waals surface area contributed by atoms with E-state index in [1.807, 2.05) is 18.2 Å². The third kappa shape index (κ3) is 1.44. The molecule has 0 N–H and O–H groups in total. The van der Waals surface area contributed by atoms with Crippen LogP contribution in [0.2, 0.25) is 0 Å². The largest absolute Gasteiger partial charge is 0.268 e. The summed E-state index contributed by atoms with van der Waals surface area (Å²) >= 11 is 0. The van der Waals surface area contributed by atoms with Crippen molar-refractivity contribution in [2.75, 3.05) is 0 Å². The highest BCUT2D eigenvalue weighted by atomic mass is 16.1. The van der Waals surface area contributed by atoms with Crippen molar-refractivity contribution in [1.29, 1.82) is 0 Å². The fraction of sp³-hybridized carbons (Fsp3) is 0.0833. The summed E-state index contributed by atoms with van der Waals surface area (Å²) in [6, 6.07) is 9.07. The lowest BCUT2D eigenvalue weighted by Gasteiger charge is -2.05. The quantitative estimate of drug-likeness (QED) is 0.624. The predicted molar refractivity (Wildman–Crippen MR) is 64.1 cm³/mol. The van der Waals surface area contributed by atoms with Crippen LogP contribution in [0.25, 0.3) is 16.7 Å². The molecule has 3 aromatic rings. The molecule has 2 heterocycles. The van der Waals surface area contributed by atoms with Crippen LogP contribution in [0.1, 0.15) is 0 Å². The van der Waals surface area contributed by atoms with Crippen molar-refractivity contribution >= 4 is 10.9 Å². The molecular formula is C12H10N4O. The van der Waals surface area contributed by atoms with Crippen molar-refractivity contribution in [1.82, 2.24) is 19.3 Å². The summed E-state index contributed by atoms with van der Waals surface area (Å²) in [4.78, 5) is 16.5. The van der Waals surface area contributed by atoms with Crippen LogP contribution in [0.15, 0.2) is 47.7 Å². The molecule has 0 bridgehead atoms. The molecule has 0 aliphatic carbocycles. The molecule has 0 amide bonds. The van der Waals surface area contributed by atoms with Gasteiger partial charge >= 0.3 is 0 Å². The highest BCUT2D eigenvalue weighted by Crippen LogP contribution is 2.07. The van der Waals surface area contributed by atoms with Gasteiger partial charge in [0.15, 0.2) is 0 Å². The summed E-state index contributed by atoms with van der Waals surface area (Å²) < 4.78 is 3.13. The van der Waals surface area contributed by atoms with Crippen LogP contribution < -0.4 is 5.56 Å². The number of benzene rings is 1. The molecule has 5 nitrogen and oxygen atoms in total. The second kappa shape index (κ2) is 3.55. The van der Waals surface area contributed by atoms with Gasteiger partial charge in [-0.25, -0.2) is 4.98 Å². The topological polar surface area (TPSA) is 52.7 Å². The summed E-state index contributed by atoms with van der Waals surface area (Å²) in [6.45, 7) is 0. The zero-order chi connectivity index (χ0) is 11.8. The van der Waals surface area contributed by atoms with Gasteiger partial charge in [-0.15, -0.1) is 0 Å². The number of rotatable bonds is 1. The predicted octanol–water partition coefficient (Wildman–Crippen LogP) is 1.12. The van der Waals surface area contributed by atoms with Gasteiger partial charge in [0.25, 0.3) is 5.56 Å². The molecule has 1 aromatic carbocycles. The molecule has 0 aliphatic heterocycles. The monoisotopic (exact) mass is 226 g/mol. The number of hydrogen-bond acceptors (Lipinski definition) is 3. The van der Waals surface area contributed by atoms with Crippen LogP contribution in [0.4, 0.5) is 0 Å². The Morgan fingerprint density at radius 3 is 2.76 bits per heavy atom. The summed E-state index contributed by atoms with van der Waals surface area (Å²) in [5, 5.41) is 4.65. The van der Waals surface area contributed by atoms with Gasteiger partial charge in [0.1, 0.15) is 12.1 Å².